The van der Waals surface area contributed by atoms with Crippen LogP contribution in [0.5, 0.6) is 5.75 Å². The van der Waals surface area contributed by atoms with Crippen molar-refractivity contribution in [2.45, 2.75) is 54.7 Å². The van der Waals surface area contributed by atoms with Crippen LogP contribution in [0.25, 0.3) is 0 Å². The van der Waals surface area contributed by atoms with Gasteiger partial charge in [-0.25, -0.2) is 4.79 Å². The topological polar surface area (TPSA) is 46.5 Å². The van der Waals surface area contributed by atoms with Gasteiger partial charge in [-0.2, -0.15) is 0 Å². The molecule has 4 aromatic carbocycles. The molecule has 0 spiro atoms. The normalized spacial score (nSPS) is 11.7. The molecule has 4 rings (SSSR count). The van der Waals surface area contributed by atoms with Crippen LogP contribution >= 0.6 is 10.3 Å². The first-order chi connectivity index (χ1) is 17.0. The molecule has 0 saturated heterocycles. The number of aryl methyl sites for hydroxylation is 3. The summed E-state index contributed by atoms with van der Waals surface area (Å²) in [5.74, 6) is -0.633. The van der Waals surface area contributed by atoms with Gasteiger partial charge in [-0.15, -0.1) is 0 Å². The Morgan fingerprint density at radius 3 is 1.34 bits per heavy atom. The van der Waals surface area contributed by atoms with Crippen molar-refractivity contribution in [1.29, 1.82) is 0 Å². The van der Waals surface area contributed by atoms with E-state index < -0.39 is 16.3 Å². The molecule has 0 saturated carbocycles. The molecule has 0 bridgehead atoms. The first kappa shape index (κ1) is 24.6. The maximum atomic E-state index is 13.6. The lowest BCUT2D eigenvalue weighted by Gasteiger charge is -2.40. The second kappa shape index (κ2) is 10.8. The maximum Gasteiger partial charge on any atom is 0.353 e. The minimum atomic E-state index is -2.43. The zero-order chi connectivity index (χ0) is 24.8. The van der Waals surface area contributed by atoms with Crippen LogP contribution in [0.4, 0.5) is 0 Å². The molecule has 0 aliphatic rings. The monoisotopic (exact) mass is 484 g/mol. The summed E-state index contributed by atoms with van der Waals surface area (Å²) < 4.78 is 6.57. The van der Waals surface area contributed by atoms with Crippen molar-refractivity contribution < 1.29 is 14.1 Å². The molecule has 0 aliphatic heterocycles. The van der Waals surface area contributed by atoms with E-state index >= 15 is 0 Å². The number of phenolic OH excluding ortho intramolecular Hbond substituents is 1. The first-order valence-corrected chi connectivity index (χ1v) is 13.7. The highest BCUT2D eigenvalue weighted by molar-refractivity contribution is 8.30. The van der Waals surface area contributed by atoms with E-state index in [1.54, 1.807) is 18.2 Å². The van der Waals surface area contributed by atoms with E-state index in [0.717, 1.165) is 33.9 Å². The van der Waals surface area contributed by atoms with Crippen LogP contribution in [-0.2, 0) is 23.4 Å². The predicted molar refractivity (Wildman–Crippen MR) is 143 cm³/mol. The Kier molecular flexibility index (Phi) is 7.62. The highest BCUT2D eigenvalue weighted by Gasteiger charge is 2.36. The number of benzene rings is 4. The Morgan fingerprint density at radius 2 is 1.00 bits per heavy atom. The largest absolute Gasteiger partial charge is 0.507 e. The van der Waals surface area contributed by atoms with E-state index in [0.29, 0.717) is 0 Å². The van der Waals surface area contributed by atoms with E-state index in [-0.39, 0.29) is 11.3 Å². The number of carbonyl (C=O) groups is 1. The van der Waals surface area contributed by atoms with Crippen LogP contribution in [0.3, 0.4) is 0 Å². The minimum absolute atomic E-state index is 0.0882. The number of rotatable bonds is 8. The van der Waals surface area contributed by atoms with E-state index in [2.05, 4.69) is 93.6 Å². The Labute approximate surface area is 209 Å². The quantitative estimate of drug-likeness (QED) is 0.275. The number of para-hydroxylation sites is 1. The zero-order valence-corrected chi connectivity index (χ0v) is 21.3. The van der Waals surface area contributed by atoms with Crippen molar-refractivity contribution in [2.75, 3.05) is 0 Å². The van der Waals surface area contributed by atoms with E-state index in [9.17, 15) is 9.90 Å². The molecule has 1 N–H and O–H groups in total. The molecule has 0 atom stereocenters. The van der Waals surface area contributed by atoms with Crippen molar-refractivity contribution in [3.05, 3.63) is 119 Å². The molecule has 0 heterocycles. The molecule has 4 aromatic rings. The van der Waals surface area contributed by atoms with Gasteiger partial charge in [-0.3, -0.25) is 0 Å². The summed E-state index contributed by atoms with van der Waals surface area (Å²) >= 11 is 0. The summed E-state index contributed by atoms with van der Waals surface area (Å²) in [6.07, 6.45) is 2.78. The van der Waals surface area contributed by atoms with Gasteiger partial charge in [-0.05, 0) is 94.8 Å². The van der Waals surface area contributed by atoms with Crippen LogP contribution in [0, 0.1) is 0 Å². The second-order valence-corrected chi connectivity index (χ2v) is 11.1. The fraction of sp³-hybridized carbons (Fsp3) is 0.194. The Morgan fingerprint density at radius 1 is 0.629 bits per heavy atom. The van der Waals surface area contributed by atoms with Gasteiger partial charge in [0.15, 0.2) is 0 Å². The molecule has 3 nitrogen and oxygen atoms in total. The molecule has 0 amide bonds. The third kappa shape index (κ3) is 4.98. The smallest absolute Gasteiger partial charge is 0.353 e. The zero-order valence-electron chi connectivity index (χ0n) is 20.5. The molecular formula is C31H32O3S. The molecule has 0 radical (unpaired) electrons. The van der Waals surface area contributed by atoms with Gasteiger partial charge in [0.1, 0.15) is 11.3 Å². The van der Waals surface area contributed by atoms with Gasteiger partial charge in [0.2, 0.25) is 0 Å². The highest BCUT2D eigenvalue weighted by Crippen LogP contribution is 2.69. The van der Waals surface area contributed by atoms with Gasteiger partial charge in [0.25, 0.3) is 0 Å². The lowest BCUT2D eigenvalue weighted by atomic mass is 10.2. The van der Waals surface area contributed by atoms with Crippen LogP contribution in [0.15, 0.2) is 112 Å². The first-order valence-electron chi connectivity index (χ1n) is 12.1. The molecule has 0 aromatic heterocycles. The number of phenols is 1. The molecule has 0 unspecified atom stereocenters. The number of aromatic hydroxyl groups is 1. The fourth-order valence-corrected chi connectivity index (χ4v) is 7.09. The van der Waals surface area contributed by atoms with Crippen LogP contribution in [-0.4, -0.2) is 11.1 Å². The predicted octanol–water partition coefficient (Wildman–Crippen LogP) is 8.13. The molecular weight excluding hydrogens is 452 g/mol. The number of hydrogen-bond donors (Lipinski definition) is 1. The van der Waals surface area contributed by atoms with Gasteiger partial charge in [-0.1, -0.05) is 69.3 Å². The van der Waals surface area contributed by atoms with E-state index in [4.69, 9.17) is 4.18 Å². The van der Waals surface area contributed by atoms with Gasteiger partial charge in [0.05, 0.1) is 0 Å². The Bertz CT molecular complexity index is 1160. The second-order valence-electron chi connectivity index (χ2n) is 8.44. The SMILES string of the molecule is CCc1ccc(S(OC(=O)c2ccccc2O)(c2ccc(CC)cc2)c2ccc(CC)cc2)cc1. The lowest BCUT2D eigenvalue weighted by molar-refractivity contribution is 0.0754. The van der Waals surface area contributed by atoms with E-state index in [1.165, 1.54) is 22.8 Å². The molecule has 4 heteroatoms. The third-order valence-corrected chi connectivity index (χ3v) is 9.52. The van der Waals surface area contributed by atoms with Crippen LogP contribution in [0.1, 0.15) is 47.8 Å². The van der Waals surface area contributed by atoms with E-state index in [1.807, 2.05) is 0 Å². The fourth-order valence-electron chi connectivity index (χ4n) is 4.11. The minimum Gasteiger partial charge on any atom is -0.507 e. The highest BCUT2D eigenvalue weighted by atomic mass is 32.3. The molecule has 0 aliphatic carbocycles. The van der Waals surface area contributed by atoms with Crippen molar-refractivity contribution in [2.24, 2.45) is 0 Å². The summed E-state index contributed by atoms with van der Waals surface area (Å²) in [6.45, 7) is 6.38. The van der Waals surface area contributed by atoms with Crippen molar-refractivity contribution in [1.82, 2.24) is 0 Å². The standard InChI is InChI=1S/C31H32O3S/c1-4-23-11-17-26(18-12-23)35(27-19-13-24(5-2)14-20-27,28-21-15-25(6-3)16-22-28)34-31(33)29-9-7-8-10-30(29)32/h7-22,32H,4-6H2,1-3H3. The molecule has 0 fully saturated rings. The van der Waals surface area contributed by atoms with Crippen LogP contribution < -0.4 is 0 Å². The van der Waals surface area contributed by atoms with Gasteiger partial charge >= 0.3 is 5.97 Å². The summed E-state index contributed by atoms with van der Waals surface area (Å²) in [5, 5.41) is 10.4. The Hall–Kier alpha value is -3.50. The molecule has 35 heavy (non-hydrogen) atoms. The average molecular weight is 485 g/mol. The van der Waals surface area contributed by atoms with Crippen molar-refractivity contribution >= 4 is 16.3 Å². The van der Waals surface area contributed by atoms with Crippen LogP contribution in [0.2, 0.25) is 0 Å². The number of hydrogen-bond acceptors (Lipinski definition) is 3. The summed E-state index contributed by atoms with van der Waals surface area (Å²) in [4.78, 5) is 16.4. The number of carbonyl (C=O) groups excluding carboxylic acids is 1. The third-order valence-electron chi connectivity index (χ3n) is 6.32. The average Bonchev–Trinajstić information content (AvgIpc) is 2.92. The van der Waals surface area contributed by atoms with Crippen molar-refractivity contribution in [3.8, 4) is 5.75 Å². The maximum absolute atomic E-state index is 13.6. The molecule has 180 valence electrons. The van der Waals surface area contributed by atoms with Gasteiger partial charge in [0, 0.05) is 14.7 Å². The van der Waals surface area contributed by atoms with Crippen molar-refractivity contribution in [3.63, 3.8) is 0 Å². The summed E-state index contributed by atoms with van der Waals surface area (Å²) in [6, 6.07) is 31.6. The Balaban J connectivity index is 1.97. The summed E-state index contributed by atoms with van der Waals surface area (Å²) in [5.41, 5.74) is 3.81. The lowest BCUT2D eigenvalue weighted by Crippen LogP contribution is -2.14. The summed E-state index contributed by atoms with van der Waals surface area (Å²) in [7, 11) is -2.43. The van der Waals surface area contributed by atoms with Gasteiger partial charge < -0.3 is 9.29 Å².